The Labute approximate surface area is 160 Å². The number of carbonyl (C=O) groups excluding carboxylic acids is 1. The highest BCUT2D eigenvalue weighted by Crippen LogP contribution is 2.13. The van der Waals surface area contributed by atoms with Crippen LogP contribution in [0.2, 0.25) is 0 Å². The van der Waals surface area contributed by atoms with Gasteiger partial charge < -0.3 is 15.4 Å². The van der Waals surface area contributed by atoms with Crippen LogP contribution in [-0.4, -0.2) is 60.2 Å². The summed E-state index contributed by atoms with van der Waals surface area (Å²) in [5.74, 6) is 1.05. The Kier molecular flexibility index (Phi) is 6.73. The van der Waals surface area contributed by atoms with Gasteiger partial charge in [0.05, 0.1) is 19.3 Å². The lowest BCUT2D eigenvalue weighted by Crippen LogP contribution is -2.39. The molecule has 2 N–H and O–H groups in total. The molecule has 144 valence electrons. The molecule has 1 atom stereocenters. The lowest BCUT2D eigenvalue weighted by atomic mass is 10.1. The predicted octanol–water partition coefficient (Wildman–Crippen LogP) is 2.02. The first kappa shape index (κ1) is 19.3. The number of aryl methyl sites for hydroxylation is 1. The van der Waals surface area contributed by atoms with Gasteiger partial charge in [-0.05, 0) is 19.4 Å². The molecule has 2 aromatic rings. The monoisotopic (exact) mass is 369 g/mol. The molecule has 1 aromatic heterocycles. The van der Waals surface area contributed by atoms with E-state index in [1.807, 2.05) is 37.3 Å². The zero-order valence-corrected chi connectivity index (χ0v) is 15.9. The fourth-order valence-electron chi connectivity index (χ4n) is 3.04. The number of amides is 1. The van der Waals surface area contributed by atoms with E-state index < -0.39 is 0 Å². The first-order valence-electron chi connectivity index (χ1n) is 9.37. The van der Waals surface area contributed by atoms with Gasteiger partial charge in [0.2, 0.25) is 0 Å². The molecule has 1 fully saturated rings. The number of morpholine rings is 1. The largest absolute Gasteiger partial charge is 0.379 e. The molecule has 0 spiro atoms. The molecule has 7 heteroatoms. The minimum atomic E-state index is -0.201. The van der Waals surface area contributed by atoms with Crippen molar-refractivity contribution in [3.8, 4) is 0 Å². The maximum absolute atomic E-state index is 12.6. The van der Waals surface area contributed by atoms with Gasteiger partial charge in [-0.3, -0.25) is 9.69 Å². The van der Waals surface area contributed by atoms with Crippen molar-refractivity contribution >= 4 is 11.7 Å². The van der Waals surface area contributed by atoms with E-state index in [1.54, 1.807) is 13.0 Å². The maximum atomic E-state index is 12.6. The standard InChI is InChI=1S/C20H27N5O2/c1-15(17-6-4-3-5-7-17)22-20(26)18-14-19(24-16(2)23-18)21-8-9-25-10-12-27-13-11-25/h3-7,14-15H,8-13H2,1-2H3,(H,22,26)(H,21,23,24). The first-order chi connectivity index (χ1) is 13.1. The summed E-state index contributed by atoms with van der Waals surface area (Å²) in [6.45, 7) is 8.92. The van der Waals surface area contributed by atoms with Crippen LogP contribution in [0, 0.1) is 6.92 Å². The fraction of sp³-hybridized carbons (Fsp3) is 0.450. The molecule has 0 bridgehead atoms. The Morgan fingerprint density at radius 3 is 2.70 bits per heavy atom. The molecule has 27 heavy (non-hydrogen) atoms. The number of nitrogens with zero attached hydrogens (tertiary/aromatic N) is 3. The third kappa shape index (κ3) is 5.74. The van der Waals surface area contributed by atoms with E-state index in [0.717, 1.165) is 45.0 Å². The molecule has 7 nitrogen and oxygen atoms in total. The molecule has 0 saturated carbocycles. The van der Waals surface area contributed by atoms with Crippen molar-refractivity contribution < 1.29 is 9.53 Å². The van der Waals surface area contributed by atoms with Crippen LogP contribution >= 0.6 is 0 Å². The molecule has 3 rings (SSSR count). The van der Waals surface area contributed by atoms with Crippen LogP contribution in [0.25, 0.3) is 0 Å². The van der Waals surface area contributed by atoms with Gasteiger partial charge in [0, 0.05) is 32.2 Å². The number of anilines is 1. The van der Waals surface area contributed by atoms with E-state index in [-0.39, 0.29) is 11.9 Å². The summed E-state index contributed by atoms with van der Waals surface area (Å²) < 4.78 is 5.36. The Morgan fingerprint density at radius 2 is 1.96 bits per heavy atom. The summed E-state index contributed by atoms with van der Waals surface area (Å²) >= 11 is 0. The van der Waals surface area contributed by atoms with Crippen LogP contribution in [0.5, 0.6) is 0 Å². The van der Waals surface area contributed by atoms with Gasteiger partial charge in [0.15, 0.2) is 0 Å². The van der Waals surface area contributed by atoms with Crippen molar-refractivity contribution in [3.05, 3.63) is 53.5 Å². The highest BCUT2D eigenvalue weighted by Gasteiger charge is 2.15. The lowest BCUT2D eigenvalue weighted by Gasteiger charge is -2.26. The van der Waals surface area contributed by atoms with Crippen molar-refractivity contribution in [2.24, 2.45) is 0 Å². The third-order valence-corrected chi connectivity index (χ3v) is 4.56. The van der Waals surface area contributed by atoms with Gasteiger partial charge >= 0.3 is 0 Å². The molecular weight excluding hydrogens is 342 g/mol. The van der Waals surface area contributed by atoms with Gasteiger partial charge in [0.25, 0.3) is 5.91 Å². The van der Waals surface area contributed by atoms with Crippen LogP contribution in [-0.2, 0) is 4.74 Å². The average molecular weight is 369 g/mol. The quantitative estimate of drug-likeness (QED) is 0.777. The van der Waals surface area contributed by atoms with Crippen molar-refractivity contribution in [2.45, 2.75) is 19.9 Å². The van der Waals surface area contributed by atoms with E-state index >= 15 is 0 Å². The molecule has 1 aromatic carbocycles. The second-order valence-electron chi connectivity index (χ2n) is 6.67. The van der Waals surface area contributed by atoms with Crippen molar-refractivity contribution in [1.82, 2.24) is 20.2 Å². The van der Waals surface area contributed by atoms with Crippen LogP contribution in [0.4, 0.5) is 5.82 Å². The molecular formula is C20H27N5O2. The molecule has 2 heterocycles. The van der Waals surface area contributed by atoms with E-state index in [1.165, 1.54) is 0 Å². The van der Waals surface area contributed by atoms with Crippen LogP contribution in [0.3, 0.4) is 0 Å². The minimum absolute atomic E-state index is 0.0910. The summed E-state index contributed by atoms with van der Waals surface area (Å²) in [6, 6.07) is 11.5. The Morgan fingerprint density at radius 1 is 1.22 bits per heavy atom. The topological polar surface area (TPSA) is 79.4 Å². The molecule has 0 aliphatic carbocycles. The number of benzene rings is 1. The number of ether oxygens (including phenoxy) is 1. The summed E-state index contributed by atoms with van der Waals surface area (Å²) in [7, 11) is 0. The summed E-state index contributed by atoms with van der Waals surface area (Å²) in [5.41, 5.74) is 1.43. The van der Waals surface area contributed by atoms with E-state index in [9.17, 15) is 4.79 Å². The number of aromatic nitrogens is 2. The third-order valence-electron chi connectivity index (χ3n) is 4.56. The zero-order valence-electron chi connectivity index (χ0n) is 15.9. The highest BCUT2D eigenvalue weighted by molar-refractivity contribution is 5.93. The lowest BCUT2D eigenvalue weighted by molar-refractivity contribution is 0.0398. The van der Waals surface area contributed by atoms with Gasteiger partial charge in [-0.2, -0.15) is 0 Å². The van der Waals surface area contributed by atoms with Gasteiger partial charge in [-0.15, -0.1) is 0 Å². The molecule has 1 saturated heterocycles. The fourth-order valence-corrected chi connectivity index (χ4v) is 3.04. The molecule has 1 amide bonds. The molecule has 0 radical (unpaired) electrons. The predicted molar refractivity (Wildman–Crippen MR) is 105 cm³/mol. The highest BCUT2D eigenvalue weighted by atomic mass is 16.5. The Bertz CT molecular complexity index is 747. The summed E-state index contributed by atoms with van der Waals surface area (Å²) in [5, 5.41) is 6.30. The Balaban J connectivity index is 1.57. The number of nitrogens with one attached hydrogen (secondary N) is 2. The van der Waals surface area contributed by atoms with E-state index in [4.69, 9.17) is 4.74 Å². The first-order valence-corrected chi connectivity index (χ1v) is 9.37. The number of hydrogen-bond donors (Lipinski definition) is 2. The van der Waals surface area contributed by atoms with E-state index in [0.29, 0.717) is 17.3 Å². The van der Waals surface area contributed by atoms with Crippen molar-refractivity contribution in [2.75, 3.05) is 44.7 Å². The number of rotatable bonds is 7. The van der Waals surface area contributed by atoms with Crippen molar-refractivity contribution in [3.63, 3.8) is 0 Å². The average Bonchev–Trinajstić information content (AvgIpc) is 2.69. The smallest absolute Gasteiger partial charge is 0.270 e. The van der Waals surface area contributed by atoms with Gasteiger partial charge in [-0.25, -0.2) is 9.97 Å². The Hall–Kier alpha value is -2.51. The molecule has 1 aliphatic heterocycles. The maximum Gasteiger partial charge on any atom is 0.270 e. The van der Waals surface area contributed by atoms with Gasteiger partial charge in [0.1, 0.15) is 17.3 Å². The summed E-state index contributed by atoms with van der Waals surface area (Å²) in [4.78, 5) is 23.6. The van der Waals surface area contributed by atoms with Gasteiger partial charge in [-0.1, -0.05) is 30.3 Å². The zero-order chi connectivity index (χ0) is 19.1. The van der Waals surface area contributed by atoms with E-state index in [2.05, 4.69) is 25.5 Å². The SMILES string of the molecule is Cc1nc(NCCN2CCOCC2)cc(C(=O)NC(C)c2ccccc2)n1. The normalized spacial score (nSPS) is 15.9. The van der Waals surface area contributed by atoms with Crippen LogP contribution in [0.1, 0.15) is 34.8 Å². The summed E-state index contributed by atoms with van der Waals surface area (Å²) in [6.07, 6.45) is 0. The van der Waals surface area contributed by atoms with Crippen LogP contribution in [0.15, 0.2) is 36.4 Å². The minimum Gasteiger partial charge on any atom is -0.379 e. The second-order valence-corrected chi connectivity index (χ2v) is 6.67. The van der Waals surface area contributed by atoms with Crippen LogP contribution < -0.4 is 10.6 Å². The number of hydrogen-bond acceptors (Lipinski definition) is 6. The van der Waals surface area contributed by atoms with Crippen molar-refractivity contribution in [1.29, 1.82) is 0 Å². The number of carbonyl (C=O) groups is 1. The molecule has 1 unspecified atom stereocenters. The molecule has 1 aliphatic rings. The second kappa shape index (κ2) is 9.43.